The molecule has 0 amide bonds. The Kier molecular flexibility index (Phi) is 2.15. The quantitative estimate of drug-likeness (QED) is 0.721. The Hall–Kier alpha value is -1.90. The number of ketones is 1. The lowest BCUT2D eigenvalue weighted by Crippen LogP contribution is -1.93. The first-order valence-electron chi connectivity index (χ1n) is 4.69. The van der Waals surface area contributed by atoms with Crippen LogP contribution in [-0.2, 0) is 0 Å². The molecule has 2 aromatic rings. The summed E-state index contributed by atoms with van der Waals surface area (Å²) in [4.78, 5) is 15.2. The van der Waals surface area contributed by atoms with E-state index in [1.54, 1.807) is 18.2 Å². The van der Waals surface area contributed by atoms with Crippen LogP contribution >= 0.6 is 0 Å². The number of nitrogens with zero attached hydrogens (tertiary/aromatic N) is 1. The number of carbonyl (C=O) groups is 1. The first-order chi connectivity index (χ1) is 7.09. The molecule has 2 rings (SSSR count). The molecule has 0 atom stereocenters. The summed E-state index contributed by atoms with van der Waals surface area (Å²) < 4.78 is 0. The Morgan fingerprint density at radius 1 is 1.33 bits per heavy atom. The van der Waals surface area contributed by atoms with Crippen molar-refractivity contribution in [1.82, 2.24) is 4.98 Å². The summed E-state index contributed by atoms with van der Waals surface area (Å²) in [6, 6.07) is 5.22. The van der Waals surface area contributed by atoms with E-state index >= 15 is 0 Å². The third-order valence-corrected chi connectivity index (χ3v) is 2.47. The third-order valence-electron chi connectivity index (χ3n) is 2.47. The van der Waals surface area contributed by atoms with Crippen molar-refractivity contribution in [1.29, 1.82) is 0 Å². The number of pyridine rings is 1. The van der Waals surface area contributed by atoms with E-state index < -0.39 is 0 Å². The minimum atomic E-state index is 0.0136. The first-order valence-corrected chi connectivity index (χ1v) is 4.69. The molecule has 1 N–H and O–H groups in total. The van der Waals surface area contributed by atoms with E-state index in [0.29, 0.717) is 5.56 Å². The Labute approximate surface area is 87.4 Å². The molecular weight excluding hydrogens is 190 g/mol. The number of Topliss-reactive ketones (excluding diaryl/α,β-unsaturated/α-hetero) is 1. The number of carbonyl (C=O) groups excluding carboxylic acids is 1. The van der Waals surface area contributed by atoms with Crippen molar-refractivity contribution >= 4 is 16.6 Å². The van der Waals surface area contributed by atoms with Gasteiger partial charge < -0.3 is 5.11 Å². The van der Waals surface area contributed by atoms with Gasteiger partial charge in [-0.05, 0) is 26.0 Å². The molecule has 0 saturated carbocycles. The SMILES string of the molecule is CC(=O)c1ccc2c(O)cnc(C)c2c1. The van der Waals surface area contributed by atoms with Gasteiger partial charge in [-0.25, -0.2) is 0 Å². The average molecular weight is 201 g/mol. The second-order valence-corrected chi connectivity index (χ2v) is 3.55. The van der Waals surface area contributed by atoms with E-state index in [1.807, 2.05) is 6.92 Å². The maximum absolute atomic E-state index is 11.2. The van der Waals surface area contributed by atoms with E-state index in [2.05, 4.69) is 4.98 Å². The lowest BCUT2D eigenvalue weighted by molar-refractivity contribution is 0.101. The maximum atomic E-state index is 11.2. The van der Waals surface area contributed by atoms with Crippen molar-refractivity contribution in [3.63, 3.8) is 0 Å². The summed E-state index contributed by atoms with van der Waals surface area (Å²) >= 11 is 0. The van der Waals surface area contributed by atoms with Crippen LogP contribution in [0, 0.1) is 6.92 Å². The van der Waals surface area contributed by atoms with Gasteiger partial charge in [-0.2, -0.15) is 0 Å². The van der Waals surface area contributed by atoms with Gasteiger partial charge in [-0.15, -0.1) is 0 Å². The Morgan fingerprint density at radius 2 is 2.07 bits per heavy atom. The number of fused-ring (bicyclic) bond motifs is 1. The van der Waals surface area contributed by atoms with Gasteiger partial charge in [-0.3, -0.25) is 9.78 Å². The predicted molar refractivity (Wildman–Crippen MR) is 58.1 cm³/mol. The van der Waals surface area contributed by atoms with Gasteiger partial charge in [0.25, 0.3) is 0 Å². The van der Waals surface area contributed by atoms with Crippen molar-refractivity contribution in [3.8, 4) is 5.75 Å². The predicted octanol–water partition coefficient (Wildman–Crippen LogP) is 2.45. The standard InChI is InChI=1S/C12H11NO2/c1-7-11-5-9(8(2)14)3-4-10(11)12(15)6-13-7/h3-6,15H,1-2H3. The average Bonchev–Trinajstić information content (AvgIpc) is 2.23. The zero-order valence-electron chi connectivity index (χ0n) is 8.61. The van der Waals surface area contributed by atoms with Crippen molar-refractivity contribution in [2.75, 3.05) is 0 Å². The molecule has 0 saturated heterocycles. The molecule has 3 heteroatoms. The summed E-state index contributed by atoms with van der Waals surface area (Å²) in [6.45, 7) is 3.37. The summed E-state index contributed by atoms with van der Waals surface area (Å²) in [5, 5.41) is 11.1. The lowest BCUT2D eigenvalue weighted by atomic mass is 10.0. The Morgan fingerprint density at radius 3 is 2.73 bits per heavy atom. The molecule has 15 heavy (non-hydrogen) atoms. The Bertz CT molecular complexity index is 547. The minimum absolute atomic E-state index is 0.0136. The summed E-state index contributed by atoms with van der Waals surface area (Å²) in [7, 11) is 0. The fourth-order valence-corrected chi connectivity index (χ4v) is 1.58. The molecule has 1 aromatic carbocycles. The number of benzene rings is 1. The highest BCUT2D eigenvalue weighted by molar-refractivity contribution is 6.00. The largest absolute Gasteiger partial charge is 0.506 e. The fraction of sp³-hybridized carbons (Fsp3) is 0.167. The number of hydrogen-bond acceptors (Lipinski definition) is 3. The lowest BCUT2D eigenvalue weighted by Gasteiger charge is -2.04. The van der Waals surface area contributed by atoms with Gasteiger partial charge in [0.05, 0.1) is 6.20 Å². The first kappa shape index (κ1) is 9.65. The van der Waals surface area contributed by atoms with Gasteiger partial charge in [0.15, 0.2) is 5.78 Å². The minimum Gasteiger partial charge on any atom is -0.506 e. The molecule has 0 spiro atoms. The van der Waals surface area contributed by atoms with Crippen LogP contribution in [0.4, 0.5) is 0 Å². The maximum Gasteiger partial charge on any atom is 0.159 e. The van der Waals surface area contributed by atoms with Crippen LogP contribution < -0.4 is 0 Å². The van der Waals surface area contributed by atoms with Crippen molar-refractivity contribution in [3.05, 3.63) is 35.7 Å². The number of rotatable bonds is 1. The fourth-order valence-electron chi connectivity index (χ4n) is 1.58. The van der Waals surface area contributed by atoms with Crippen molar-refractivity contribution < 1.29 is 9.90 Å². The molecule has 0 unspecified atom stereocenters. The monoisotopic (exact) mass is 201 g/mol. The van der Waals surface area contributed by atoms with Crippen LogP contribution in [0.25, 0.3) is 10.8 Å². The molecule has 76 valence electrons. The molecule has 0 aliphatic rings. The molecule has 1 heterocycles. The van der Waals surface area contributed by atoms with E-state index in [1.165, 1.54) is 13.1 Å². The highest BCUT2D eigenvalue weighted by Gasteiger charge is 2.06. The van der Waals surface area contributed by atoms with Gasteiger partial charge >= 0.3 is 0 Å². The number of aromatic hydroxyl groups is 1. The topological polar surface area (TPSA) is 50.2 Å². The van der Waals surface area contributed by atoms with Crippen LogP contribution in [0.15, 0.2) is 24.4 Å². The smallest absolute Gasteiger partial charge is 0.159 e. The molecule has 3 nitrogen and oxygen atoms in total. The Balaban J connectivity index is 2.81. The second-order valence-electron chi connectivity index (χ2n) is 3.55. The number of aromatic nitrogens is 1. The van der Waals surface area contributed by atoms with Crippen LogP contribution in [0.2, 0.25) is 0 Å². The molecule has 0 aliphatic heterocycles. The van der Waals surface area contributed by atoms with Gasteiger partial charge in [-0.1, -0.05) is 6.07 Å². The number of hydrogen-bond donors (Lipinski definition) is 1. The molecule has 0 bridgehead atoms. The summed E-state index contributed by atoms with van der Waals surface area (Å²) in [5.74, 6) is 0.158. The zero-order chi connectivity index (χ0) is 11.0. The highest BCUT2D eigenvalue weighted by atomic mass is 16.3. The molecule has 0 fully saturated rings. The number of aryl methyl sites for hydroxylation is 1. The van der Waals surface area contributed by atoms with Crippen LogP contribution in [0.1, 0.15) is 23.0 Å². The van der Waals surface area contributed by atoms with Crippen molar-refractivity contribution in [2.45, 2.75) is 13.8 Å². The van der Waals surface area contributed by atoms with Crippen LogP contribution in [0.3, 0.4) is 0 Å². The van der Waals surface area contributed by atoms with E-state index in [4.69, 9.17) is 0 Å². The van der Waals surface area contributed by atoms with Crippen LogP contribution in [-0.4, -0.2) is 15.9 Å². The van der Waals surface area contributed by atoms with E-state index in [9.17, 15) is 9.90 Å². The van der Waals surface area contributed by atoms with E-state index in [-0.39, 0.29) is 11.5 Å². The zero-order valence-corrected chi connectivity index (χ0v) is 8.61. The van der Waals surface area contributed by atoms with Gasteiger partial charge in [0, 0.05) is 22.0 Å². The second kappa shape index (κ2) is 3.35. The third kappa shape index (κ3) is 1.56. The summed E-state index contributed by atoms with van der Waals surface area (Å²) in [6.07, 6.45) is 1.42. The van der Waals surface area contributed by atoms with Crippen molar-refractivity contribution in [2.24, 2.45) is 0 Å². The summed E-state index contributed by atoms with van der Waals surface area (Å²) in [5.41, 5.74) is 1.45. The molecule has 0 aliphatic carbocycles. The van der Waals surface area contributed by atoms with Crippen LogP contribution in [0.5, 0.6) is 5.75 Å². The molecule has 0 radical (unpaired) electrons. The van der Waals surface area contributed by atoms with Gasteiger partial charge in [0.2, 0.25) is 0 Å². The highest BCUT2D eigenvalue weighted by Crippen LogP contribution is 2.26. The molecule has 1 aromatic heterocycles. The van der Waals surface area contributed by atoms with E-state index in [0.717, 1.165) is 16.5 Å². The molecular formula is C12H11NO2. The van der Waals surface area contributed by atoms with Gasteiger partial charge in [0.1, 0.15) is 5.75 Å². The normalized spacial score (nSPS) is 10.5.